The molecule has 2 aliphatic rings. The first-order valence-corrected chi connectivity index (χ1v) is 14.3. The summed E-state index contributed by atoms with van der Waals surface area (Å²) in [4.78, 5) is 15.4. The van der Waals surface area contributed by atoms with Crippen molar-refractivity contribution in [2.24, 2.45) is 0 Å². The molecule has 5 rings (SSSR count). The Morgan fingerprint density at radius 2 is 1.77 bits per heavy atom. The smallest absolute Gasteiger partial charge is 0.287 e. The largest absolute Gasteiger partial charge is 0.497 e. The van der Waals surface area contributed by atoms with Gasteiger partial charge in [-0.1, -0.05) is 6.07 Å². The minimum Gasteiger partial charge on any atom is -0.497 e. The molecule has 2 fully saturated rings. The van der Waals surface area contributed by atoms with Crippen LogP contribution < -0.4 is 24.8 Å². The van der Waals surface area contributed by atoms with Crippen molar-refractivity contribution in [2.75, 3.05) is 40.4 Å². The normalized spacial score (nSPS) is 17.1. The highest BCUT2D eigenvalue weighted by Gasteiger charge is 2.24. The molecule has 2 N–H and O–H groups in total. The summed E-state index contributed by atoms with van der Waals surface area (Å²) in [6.45, 7) is 4.73. The van der Waals surface area contributed by atoms with E-state index in [1.807, 2.05) is 18.2 Å². The van der Waals surface area contributed by atoms with Gasteiger partial charge >= 0.3 is 0 Å². The zero-order valence-corrected chi connectivity index (χ0v) is 24.1. The standard InChI is InChI=1S/C30H36BrN3O5/c1-36-23-4-6-26(37-2)24(18-23)27-7-8-29(39-27)30(35)33-21-11-15-34(16-12-21)19-20-3-5-28(25(31)17-20)38-22-9-13-32-14-10-22/h3-8,17-18,21-22,32H,9-16,19H2,1-2H3,(H,33,35). The number of likely N-dealkylation sites (tertiary alicyclic amines) is 1. The molecule has 2 aliphatic heterocycles. The number of methoxy groups -OCH3 is 2. The Labute approximate surface area is 238 Å². The zero-order chi connectivity index (χ0) is 27.2. The van der Waals surface area contributed by atoms with Crippen molar-refractivity contribution < 1.29 is 23.4 Å². The summed E-state index contributed by atoms with van der Waals surface area (Å²) < 4.78 is 23.9. The number of carbonyl (C=O) groups excluding carboxylic acids is 1. The van der Waals surface area contributed by atoms with E-state index < -0.39 is 0 Å². The second-order valence-electron chi connectivity index (χ2n) is 10.1. The molecule has 0 bridgehead atoms. The number of ether oxygens (including phenoxy) is 3. The first-order valence-electron chi connectivity index (χ1n) is 13.5. The number of furan rings is 1. The van der Waals surface area contributed by atoms with Crippen LogP contribution in [0.25, 0.3) is 11.3 Å². The monoisotopic (exact) mass is 597 g/mol. The number of piperidine rings is 2. The lowest BCUT2D eigenvalue weighted by atomic mass is 10.0. The van der Waals surface area contributed by atoms with Crippen LogP contribution in [0.15, 0.2) is 57.4 Å². The van der Waals surface area contributed by atoms with Crippen LogP contribution >= 0.6 is 15.9 Å². The van der Waals surface area contributed by atoms with Gasteiger partial charge in [0.2, 0.25) is 0 Å². The number of nitrogens with one attached hydrogen (secondary N) is 2. The Morgan fingerprint density at radius 1 is 1.00 bits per heavy atom. The average Bonchev–Trinajstić information content (AvgIpc) is 3.46. The van der Waals surface area contributed by atoms with Crippen molar-refractivity contribution in [3.8, 4) is 28.6 Å². The Bertz CT molecular complexity index is 1270. The first kappa shape index (κ1) is 27.6. The van der Waals surface area contributed by atoms with Gasteiger partial charge in [0, 0.05) is 25.7 Å². The molecule has 3 aromatic rings. The molecule has 8 nitrogen and oxygen atoms in total. The number of hydrogen-bond acceptors (Lipinski definition) is 7. The Kier molecular flexibility index (Phi) is 9.11. The van der Waals surface area contributed by atoms with Gasteiger partial charge in [0.25, 0.3) is 5.91 Å². The summed E-state index contributed by atoms with van der Waals surface area (Å²) in [6.07, 6.45) is 4.14. The van der Waals surface area contributed by atoms with Crippen LogP contribution in [0.1, 0.15) is 41.8 Å². The zero-order valence-electron chi connectivity index (χ0n) is 22.5. The Morgan fingerprint density at radius 3 is 2.49 bits per heavy atom. The molecule has 1 aromatic heterocycles. The van der Waals surface area contributed by atoms with Crippen LogP contribution in [-0.2, 0) is 6.54 Å². The Balaban J connectivity index is 1.11. The Hall–Kier alpha value is -3.01. The molecule has 0 radical (unpaired) electrons. The van der Waals surface area contributed by atoms with Crippen LogP contribution in [0.5, 0.6) is 17.2 Å². The molecule has 1 amide bonds. The maximum atomic E-state index is 12.9. The highest BCUT2D eigenvalue weighted by Crippen LogP contribution is 2.34. The minimum absolute atomic E-state index is 0.112. The molecule has 0 unspecified atom stereocenters. The van der Waals surface area contributed by atoms with Gasteiger partial charge in [0.05, 0.1) is 24.3 Å². The van der Waals surface area contributed by atoms with Crippen molar-refractivity contribution in [3.63, 3.8) is 0 Å². The number of nitrogens with zero attached hydrogens (tertiary/aromatic N) is 1. The van der Waals surface area contributed by atoms with Crippen LogP contribution in [0.3, 0.4) is 0 Å². The van der Waals surface area contributed by atoms with E-state index in [4.69, 9.17) is 18.6 Å². The van der Waals surface area contributed by atoms with E-state index in [1.165, 1.54) is 5.56 Å². The summed E-state index contributed by atoms with van der Waals surface area (Å²) in [7, 11) is 3.21. The second-order valence-corrected chi connectivity index (χ2v) is 10.9. The molecular formula is C30H36BrN3O5. The fourth-order valence-electron chi connectivity index (χ4n) is 5.19. The van der Waals surface area contributed by atoms with E-state index in [0.717, 1.165) is 74.2 Å². The average molecular weight is 599 g/mol. The predicted molar refractivity (Wildman–Crippen MR) is 154 cm³/mol. The number of hydrogen-bond donors (Lipinski definition) is 2. The highest BCUT2D eigenvalue weighted by molar-refractivity contribution is 9.10. The lowest BCUT2D eigenvalue weighted by molar-refractivity contribution is 0.0882. The van der Waals surface area contributed by atoms with Crippen molar-refractivity contribution in [1.29, 1.82) is 0 Å². The maximum Gasteiger partial charge on any atom is 0.287 e. The lowest BCUT2D eigenvalue weighted by Gasteiger charge is -2.32. The fraction of sp³-hybridized carbons (Fsp3) is 0.433. The number of amides is 1. The van der Waals surface area contributed by atoms with E-state index in [-0.39, 0.29) is 23.8 Å². The van der Waals surface area contributed by atoms with Gasteiger partial charge in [0.15, 0.2) is 5.76 Å². The van der Waals surface area contributed by atoms with E-state index >= 15 is 0 Å². The van der Waals surface area contributed by atoms with E-state index in [9.17, 15) is 4.79 Å². The van der Waals surface area contributed by atoms with Crippen molar-refractivity contribution in [3.05, 3.63) is 64.3 Å². The van der Waals surface area contributed by atoms with Gasteiger partial charge in [-0.05, 0) is 103 Å². The van der Waals surface area contributed by atoms with Crippen LogP contribution in [0.2, 0.25) is 0 Å². The maximum absolute atomic E-state index is 12.9. The van der Waals surface area contributed by atoms with Crippen molar-refractivity contribution in [1.82, 2.24) is 15.5 Å². The van der Waals surface area contributed by atoms with Crippen molar-refractivity contribution in [2.45, 2.75) is 44.4 Å². The third-order valence-corrected chi connectivity index (χ3v) is 8.03. The molecule has 0 aliphatic carbocycles. The van der Waals surface area contributed by atoms with Gasteiger partial charge in [-0.2, -0.15) is 0 Å². The third kappa shape index (κ3) is 6.96. The molecule has 0 atom stereocenters. The van der Waals surface area contributed by atoms with Crippen LogP contribution in [0, 0.1) is 0 Å². The van der Waals surface area contributed by atoms with E-state index in [2.05, 4.69) is 49.7 Å². The van der Waals surface area contributed by atoms with E-state index in [0.29, 0.717) is 17.3 Å². The van der Waals surface area contributed by atoms with Gasteiger partial charge in [-0.25, -0.2) is 0 Å². The summed E-state index contributed by atoms with van der Waals surface area (Å²) >= 11 is 3.70. The number of benzene rings is 2. The van der Waals surface area contributed by atoms with Gasteiger partial charge in [-0.3, -0.25) is 9.69 Å². The predicted octanol–water partition coefficient (Wildman–Crippen LogP) is 5.25. The summed E-state index contributed by atoms with van der Waals surface area (Å²) in [5.41, 5.74) is 1.99. The fourth-order valence-corrected chi connectivity index (χ4v) is 5.71. The molecule has 2 aromatic carbocycles. The van der Waals surface area contributed by atoms with Gasteiger partial charge in [0.1, 0.15) is 29.1 Å². The molecule has 2 saturated heterocycles. The van der Waals surface area contributed by atoms with Crippen LogP contribution in [-0.4, -0.2) is 63.4 Å². The second kappa shape index (κ2) is 12.9. The van der Waals surface area contributed by atoms with Gasteiger partial charge < -0.3 is 29.3 Å². The molecule has 208 valence electrons. The number of halogens is 1. The first-order chi connectivity index (χ1) is 19.0. The quantitative estimate of drug-likeness (QED) is 0.348. The molecule has 3 heterocycles. The summed E-state index contributed by atoms with van der Waals surface area (Å²) in [5, 5.41) is 6.52. The summed E-state index contributed by atoms with van der Waals surface area (Å²) in [5.74, 6) is 2.90. The molecule has 9 heteroatoms. The molecule has 0 spiro atoms. The highest BCUT2D eigenvalue weighted by atomic mass is 79.9. The number of rotatable bonds is 9. The lowest BCUT2D eigenvalue weighted by Crippen LogP contribution is -2.44. The van der Waals surface area contributed by atoms with Crippen molar-refractivity contribution >= 4 is 21.8 Å². The third-order valence-electron chi connectivity index (χ3n) is 7.41. The van der Waals surface area contributed by atoms with Gasteiger partial charge in [-0.15, -0.1) is 0 Å². The number of carbonyl (C=O) groups is 1. The molecular weight excluding hydrogens is 562 g/mol. The summed E-state index contributed by atoms with van der Waals surface area (Å²) in [6, 6.07) is 15.5. The van der Waals surface area contributed by atoms with E-state index in [1.54, 1.807) is 26.4 Å². The molecule has 39 heavy (non-hydrogen) atoms. The minimum atomic E-state index is -0.199. The SMILES string of the molecule is COc1ccc(OC)c(-c2ccc(C(=O)NC3CCN(Cc4ccc(OC5CCNCC5)c(Br)c4)CC3)o2)c1. The molecule has 0 saturated carbocycles. The van der Waals surface area contributed by atoms with Crippen LogP contribution in [0.4, 0.5) is 0 Å². The topological polar surface area (TPSA) is 85.2 Å².